The van der Waals surface area contributed by atoms with Gasteiger partial charge in [0.25, 0.3) is 0 Å². The Balaban J connectivity index is 2.20. The number of benzene rings is 2. The zero-order chi connectivity index (χ0) is 13.5. The minimum absolute atomic E-state index is 0.121. The fourth-order valence-corrected chi connectivity index (χ4v) is 2.40. The molecule has 0 aliphatic heterocycles. The minimum atomic E-state index is -0.382. The summed E-state index contributed by atoms with van der Waals surface area (Å²) < 4.78 is 0. The van der Waals surface area contributed by atoms with Crippen LogP contribution in [0.2, 0.25) is 0 Å². The number of hydrogen-bond acceptors (Lipinski definition) is 2. The predicted octanol–water partition coefficient (Wildman–Crippen LogP) is 2.59. The molecule has 0 fully saturated rings. The second kappa shape index (κ2) is 7.07. The summed E-state index contributed by atoms with van der Waals surface area (Å²) in [4.78, 5) is 0. The molecule has 0 aliphatic rings. The van der Waals surface area contributed by atoms with Gasteiger partial charge in [0.15, 0.2) is 0 Å². The van der Waals surface area contributed by atoms with E-state index in [1.54, 1.807) is 0 Å². The monoisotopic (exact) mass is 255 g/mol. The third-order valence-corrected chi connectivity index (χ3v) is 3.40. The Morgan fingerprint density at radius 1 is 0.947 bits per heavy atom. The first-order valence-corrected chi connectivity index (χ1v) is 6.73. The summed E-state index contributed by atoms with van der Waals surface area (Å²) in [6, 6.07) is 20.6. The molecule has 2 rings (SSSR count). The standard InChI is InChI=1S/C17H21NO/c1-18-13-17(19)16(15-10-6-3-7-11-15)12-14-8-4-2-5-9-14/h2-11,16-19H,12-13H2,1H3. The van der Waals surface area contributed by atoms with Crippen molar-refractivity contribution in [1.29, 1.82) is 0 Å². The lowest BCUT2D eigenvalue weighted by atomic mass is 9.87. The molecule has 2 atom stereocenters. The van der Waals surface area contributed by atoms with E-state index < -0.39 is 0 Å². The van der Waals surface area contributed by atoms with Gasteiger partial charge in [-0.15, -0.1) is 0 Å². The third-order valence-electron chi connectivity index (χ3n) is 3.40. The molecule has 2 heteroatoms. The van der Waals surface area contributed by atoms with E-state index in [-0.39, 0.29) is 12.0 Å². The van der Waals surface area contributed by atoms with Gasteiger partial charge in [0, 0.05) is 12.5 Å². The van der Waals surface area contributed by atoms with Crippen LogP contribution in [0.5, 0.6) is 0 Å². The van der Waals surface area contributed by atoms with E-state index >= 15 is 0 Å². The quantitative estimate of drug-likeness (QED) is 0.831. The van der Waals surface area contributed by atoms with Gasteiger partial charge in [-0.3, -0.25) is 0 Å². The van der Waals surface area contributed by atoms with Crippen molar-refractivity contribution in [2.75, 3.05) is 13.6 Å². The largest absolute Gasteiger partial charge is 0.391 e. The van der Waals surface area contributed by atoms with Gasteiger partial charge in [-0.25, -0.2) is 0 Å². The maximum absolute atomic E-state index is 10.4. The van der Waals surface area contributed by atoms with E-state index in [0.29, 0.717) is 6.54 Å². The van der Waals surface area contributed by atoms with E-state index in [2.05, 4.69) is 29.6 Å². The van der Waals surface area contributed by atoms with E-state index in [0.717, 1.165) is 6.42 Å². The number of aliphatic hydroxyl groups excluding tert-OH is 1. The van der Waals surface area contributed by atoms with E-state index in [9.17, 15) is 5.11 Å². The van der Waals surface area contributed by atoms with Crippen molar-refractivity contribution in [3.63, 3.8) is 0 Å². The zero-order valence-electron chi connectivity index (χ0n) is 11.3. The lowest BCUT2D eigenvalue weighted by Gasteiger charge is -2.23. The second-order valence-electron chi connectivity index (χ2n) is 4.83. The molecule has 0 aliphatic carbocycles. The van der Waals surface area contributed by atoms with Gasteiger partial charge >= 0.3 is 0 Å². The van der Waals surface area contributed by atoms with Crippen molar-refractivity contribution < 1.29 is 5.11 Å². The predicted molar refractivity (Wildman–Crippen MR) is 79.3 cm³/mol. The Morgan fingerprint density at radius 2 is 1.53 bits per heavy atom. The van der Waals surface area contributed by atoms with Crippen LogP contribution in [0.1, 0.15) is 17.0 Å². The molecule has 0 saturated carbocycles. The van der Waals surface area contributed by atoms with Gasteiger partial charge in [-0.1, -0.05) is 60.7 Å². The SMILES string of the molecule is CNCC(O)C(Cc1ccccc1)c1ccccc1. The Bertz CT molecular complexity index is 469. The second-order valence-corrected chi connectivity index (χ2v) is 4.83. The lowest BCUT2D eigenvalue weighted by molar-refractivity contribution is 0.142. The summed E-state index contributed by atoms with van der Waals surface area (Å²) >= 11 is 0. The number of aliphatic hydroxyl groups is 1. The van der Waals surface area contributed by atoms with Crippen molar-refractivity contribution in [3.05, 3.63) is 71.8 Å². The number of nitrogens with one attached hydrogen (secondary N) is 1. The van der Waals surface area contributed by atoms with Crippen molar-refractivity contribution in [2.45, 2.75) is 18.4 Å². The van der Waals surface area contributed by atoms with Crippen molar-refractivity contribution in [2.24, 2.45) is 0 Å². The Labute approximate surface area is 115 Å². The maximum Gasteiger partial charge on any atom is 0.0736 e. The van der Waals surface area contributed by atoms with Crippen LogP contribution < -0.4 is 5.32 Å². The van der Waals surface area contributed by atoms with E-state index in [4.69, 9.17) is 0 Å². The maximum atomic E-state index is 10.4. The third kappa shape index (κ3) is 3.91. The number of likely N-dealkylation sites (N-methyl/N-ethyl adjacent to an activating group) is 1. The summed E-state index contributed by atoms with van der Waals surface area (Å²) in [6.07, 6.45) is 0.473. The lowest BCUT2D eigenvalue weighted by Crippen LogP contribution is -2.30. The van der Waals surface area contributed by atoms with Crippen LogP contribution >= 0.6 is 0 Å². The summed E-state index contributed by atoms with van der Waals surface area (Å²) in [6.45, 7) is 0.604. The highest BCUT2D eigenvalue weighted by Crippen LogP contribution is 2.24. The number of hydrogen-bond donors (Lipinski definition) is 2. The van der Waals surface area contributed by atoms with Crippen LogP contribution in [0.4, 0.5) is 0 Å². The zero-order valence-corrected chi connectivity index (χ0v) is 11.3. The van der Waals surface area contributed by atoms with Crippen molar-refractivity contribution in [1.82, 2.24) is 5.32 Å². The number of rotatable bonds is 6. The highest BCUT2D eigenvalue weighted by molar-refractivity contribution is 5.25. The van der Waals surface area contributed by atoms with Gasteiger partial charge in [-0.05, 0) is 24.6 Å². The van der Waals surface area contributed by atoms with Gasteiger partial charge in [0.1, 0.15) is 0 Å². The van der Waals surface area contributed by atoms with Crippen LogP contribution in [0.25, 0.3) is 0 Å². The molecule has 2 N–H and O–H groups in total. The van der Waals surface area contributed by atoms with Crippen LogP contribution in [-0.2, 0) is 6.42 Å². The Hall–Kier alpha value is -1.64. The fourth-order valence-electron chi connectivity index (χ4n) is 2.40. The van der Waals surface area contributed by atoms with E-state index in [1.165, 1.54) is 11.1 Å². The van der Waals surface area contributed by atoms with Crippen LogP contribution in [0.15, 0.2) is 60.7 Å². The normalized spacial score (nSPS) is 14.0. The van der Waals surface area contributed by atoms with Crippen LogP contribution in [-0.4, -0.2) is 24.8 Å². The molecule has 0 heterocycles. The van der Waals surface area contributed by atoms with Gasteiger partial charge in [0.2, 0.25) is 0 Å². The fraction of sp³-hybridized carbons (Fsp3) is 0.294. The first-order chi connectivity index (χ1) is 9.31. The minimum Gasteiger partial charge on any atom is -0.391 e. The molecule has 0 aromatic heterocycles. The molecule has 19 heavy (non-hydrogen) atoms. The van der Waals surface area contributed by atoms with Crippen molar-refractivity contribution in [3.8, 4) is 0 Å². The molecule has 100 valence electrons. The summed E-state index contributed by atoms with van der Waals surface area (Å²) in [5, 5.41) is 13.4. The molecule has 2 aromatic carbocycles. The molecule has 2 unspecified atom stereocenters. The first kappa shape index (κ1) is 13.8. The molecule has 0 spiro atoms. The molecule has 2 aromatic rings. The van der Waals surface area contributed by atoms with Crippen LogP contribution in [0, 0.1) is 0 Å². The topological polar surface area (TPSA) is 32.3 Å². The molecule has 0 amide bonds. The van der Waals surface area contributed by atoms with Crippen LogP contribution in [0.3, 0.4) is 0 Å². The smallest absolute Gasteiger partial charge is 0.0736 e. The van der Waals surface area contributed by atoms with Gasteiger partial charge < -0.3 is 10.4 Å². The van der Waals surface area contributed by atoms with Gasteiger partial charge in [-0.2, -0.15) is 0 Å². The summed E-state index contributed by atoms with van der Waals surface area (Å²) in [5.74, 6) is 0.121. The highest BCUT2D eigenvalue weighted by Gasteiger charge is 2.20. The average Bonchev–Trinajstić information content (AvgIpc) is 2.47. The molecule has 0 bridgehead atoms. The summed E-state index contributed by atoms with van der Waals surface area (Å²) in [5.41, 5.74) is 2.45. The Kier molecular flexibility index (Phi) is 5.13. The highest BCUT2D eigenvalue weighted by atomic mass is 16.3. The molecule has 0 radical (unpaired) electrons. The molecule has 0 saturated heterocycles. The molecular weight excluding hydrogens is 234 g/mol. The molecular formula is C17H21NO. The average molecular weight is 255 g/mol. The first-order valence-electron chi connectivity index (χ1n) is 6.73. The Morgan fingerprint density at radius 3 is 2.11 bits per heavy atom. The van der Waals surface area contributed by atoms with Crippen molar-refractivity contribution >= 4 is 0 Å². The summed E-state index contributed by atoms with van der Waals surface area (Å²) in [7, 11) is 1.87. The van der Waals surface area contributed by atoms with Gasteiger partial charge in [0.05, 0.1) is 6.10 Å². The molecule has 2 nitrogen and oxygen atoms in total. The van der Waals surface area contributed by atoms with E-state index in [1.807, 2.05) is 43.4 Å².